The zero-order valence-electron chi connectivity index (χ0n) is 11.6. The summed E-state index contributed by atoms with van der Waals surface area (Å²) in [6.07, 6.45) is -3.67. The van der Waals surface area contributed by atoms with E-state index in [0.717, 1.165) is 0 Å². The fourth-order valence-electron chi connectivity index (χ4n) is 2.56. The molecule has 1 fully saturated rings. The summed E-state index contributed by atoms with van der Waals surface area (Å²) in [5, 5.41) is 0. The molecule has 1 heterocycles. The van der Waals surface area contributed by atoms with Crippen LogP contribution in [0.15, 0.2) is 30.3 Å². The molecule has 0 radical (unpaired) electrons. The molecule has 2 rings (SSSR count). The molecule has 3 nitrogen and oxygen atoms in total. The molecule has 0 spiro atoms. The Labute approximate surface area is 121 Å². The summed E-state index contributed by atoms with van der Waals surface area (Å²) in [5.74, 6) is -2.20. The van der Waals surface area contributed by atoms with Gasteiger partial charge in [0.05, 0.1) is 5.92 Å². The van der Waals surface area contributed by atoms with E-state index in [2.05, 4.69) is 0 Å². The van der Waals surface area contributed by atoms with Crippen molar-refractivity contribution in [3.63, 3.8) is 0 Å². The van der Waals surface area contributed by atoms with Gasteiger partial charge in [-0.1, -0.05) is 30.3 Å². The molecule has 1 saturated heterocycles. The number of piperidine rings is 1. The van der Waals surface area contributed by atoms with E-state index in [-0.39, 0.29) is 11.6 Å². The highest BCUT2D eigenvalue weighted by Crippen LogP contribution is 2.37. The lowest BCUT2D eigenvalue weighted by atomic mass is 9.94. The largest absolute Gasteiger partial charge is 0.396 e. The van der Waals surface area contributed by atoms with Crippen LogP contribution in [-0.2, 0) is 4.79 Å². The van der Waals surface area contributed by atoms with Crippen molar-refractivity contribution in [3.8, 4) is 0 Å². The number of likely N-dealkylation sites (tertiary alicyclic amines) is 1. The Morgan fingerprint density at radius 3 is 2.33 bits per heavy atom. The standard InChI is InChI=1S/C15H19F3N2O/c16-15(17,18)13(11-4-2-1-3-5-11)10-14(21)20-8-6-12(19)7-9-20/h1-5,12-13H,6-10,19H2/t13-/m0/s1. The Morgan fingerprint density at radius 2 is 1.81 bits per heavy atom. The van der Waals surface area contributed by atoms with Crippen molar-refractivity contribution >= 4 is 5.91 Å². The molecule has 0 bridgehead atoms. The van der Waals surface area contributed by atoms with Crippen LogP contribution in [0.2, 0.25) is 0 Å². The number of carbonyl (C=O) groups excluding carboxylic acids is 1. The zero-order chi connectivity index (χ0) is 15.5. The fourth-order valence-corrected chi connectivity index (χ4v) is 2.56. The van der Waals surface area contributed by atoms with Crippen LogP contribution >= 0.6 is 0 Å². The summed E-state index contributed by atoms with van der Waals surface area (Å²) >= 11 is 0. The number of hydrogen-bond acceptors (Lipinski definition) is 2. The molecule has 1 aromatic rings. The molecular formula is C15H19F3N2O. The molecule has 0 unspecified atom stereocenters. The van der Waals surface area contributed by atoms with Crippen LogP contribution in [0.1, 0.15) is 30.7 Å². The van der Waals surface area contributed by atoms with Gasteiger partial charge in [-0.25, -0.2) is 0 Å². The minimum atomic E-state index is -4.43. The van der Waals surface area contributed by atoms with Crippen molar-refractivity contribution in [2.75, 3.05) is 13.1 Å². The number of nitrogens with zero attached hydrogens (tertiary/aromatic N) is 1. The molecule has 0 aliphatic carbocycles. The summed E-state index contributed by atoms with van der Waals surface area (Å²) < 4.78 is 39.6. The molecule has 0 saturated carbocycles. The van der Waals surface area contributed by atoms with Gasteiger partial charge in [0.2, 0.25) is 5.91 Å². The number of amides is 1. The van der Waals surface area contributed by atoms with Crippen molar-refractivity contribution in [2.24, 2.45) is 5.73 Å². The summed E-state index contributed by atoms with van der Waals surface area (Å²) in [4.78, 5) is 13.6. The second kappa shape index (κ2) is 6.47. The lowest BCUT2D eigenvalue weighted by molar-refractivity contribution is -0.161. The topological polar surface area (TPSA) is 46.3 Å². The Bertz CT molecular complexity index is 468. The van der Waals surface area contributed by atoms with Crippen molar-refractivity contribution in [1.29, 1.82) is 0 Å². The van der Waals surface area contributed by atoms with E-state index < -0.39 is 24.4 Å². The molecule has 1 amide bonds. The number of nitrogens with two attached hydrogens (primary N) is 1. The number of carbonyl (C=O) groups is 1. The van der Waals surface area contributed by atoms with Crippen LogP contribution in [-0.4, -0.2) is 36.1 Å². The second-order valence-electron chi connectivity index (χ2n) is 5.43. The first-order chi connectivity index (χ1) is 9.88. The van der Waals surface area contributed by atoms with Crippen molar-refractivity contribution in [2.45, 2.75) is 37.4 Å². The highest BCUT2D eigenvalue weighted by molar-refractivity contribution is 5.77. The fraction of sp³-hybridized carbons (Fsp3) is 0.533. The van der Waals surface area contributed by atoms with Crippen LogP contribution in [0.3, 0.4) is 0 Å². The lowest BCUT2D eigenvalue weighted by Crippen LogP contribution is -2.43. The van der Waals surface area contributed by atoms with Gasteiger partial charge in [0.25, 0.3) is 0 Å². The van der Waals surface area contributed by atoms with E-state index in [1.165, 1.54) is 17.0 Å². The number of benzene rings is 1. The van der Waals surface area contributed by atoms with E-state index in [4.69, 9.17) is 5.73 Å². The first kappa shape index (κ1) is 15.8. The van der Waals surface area contributed by atoms with Gasteiger partial charge in [0.15, 0.2) is 0 Å². The van der Waals surface area contributed by atoms with E-state index >= 15 is 0 Å². The number of rotatable bonds is 3. The predicted octanol–water partition coefficient (Wildman–Crippen LogP) is 2.67. The molecule has 21 heavy (non-hydrogen) atoms. The van der Waals surface area contributed by atoms with Gasteiger partial charge < -0.3 is 10.6 Å². The number of alkyl halides is 3. The molecule has 1 atom stereocenters. The van der Waals surface area contributed by atoms with E-state index in [9.17, 15) is 18.0 Å². The molecule has 1 aromatic carbocycles. The minimum Gasteiger partial charge on any atom is -0.343 e. The summed E-state index contributed by atoms with van der Waals surface area (Å²) in [6, 6.07) is 7.64. The average molecular weight is 300 g/mol. The zero-order valence-corrected chi connectivity index (χ0v) is 11.6. The first-order valence-electron chi connectivity index (χ1n) is 7.03. The van der Waals surface area contributed by atoms with Gasteiger partial charge in [-0.15, -0.1) is 0 Å². The number of halogens is 3. The summed E-state index contributed by atoms with van der Waals surface area (Å²) in [7, 11) is 0. The highest BCUT2D eigenvalue weighted by Gasteiger charge is 2.42. The first-order valence-corrected chi connectivity index (χ1v) is 7.03. The predicted molar refractivity (Wildman–Crippen MR) is 73.6 cm³/mol. The molecule has 116 valence electrons. The lowest BCUT2D eigenvalue weighted by Gasteiger charge is -2.31. The third-order valence-corrected chi connectivity index (χ3v) is 3.87. The molecule has 0 aromatic heterocycles. The van der Waals surface area contributed by atoms with Crippen LogP contribution < -0.4 is 5.73 Å². The average Bonchev–Trinajstić information content (AvgIpc) is 2.45. The Morgan fingerprint density at radius 1 is 1.24 bits per heavy atom. The van der Waals surface area contributed by atoms with Crippen LogP contribution in [0.5, 0.6) is 0 Å². The maximum atomic E-state index is 13.2. The van der Waals surface area contributed by atoms with Gasteiger partial charge in [-0.2, -0.15) is 13.2 Å². The van der Waals surface area contributed by atoms with Crippen molar-refractivity contribution in [3.05, 3.63) is 35.9 Å². The molecular weight excluding hydrogens is 281 g/mol. The van der Waals surface area contributed by atoms with Gasteiger partial charge in [-0.05, 0) is 18.4 Å². The van der Waals surface area contributed by atoms with E-state index in [1.807, 2.05) is 0 Å². The van der Waals surface area contributed by atoms with Gasteiger partial charge in [0.1, 0.15) is 0 Å². The maximum Gasteiger partial charge on any atom is 0.396 e. The van der Waals surface area contributed by atoms with Crippen molar-refractivity contribution in [1.82, 2.24) is 4.90 Å². The highest BCUT2D eigenvalue weighted by atomic mass is 19.4. The van der Waals surface area contributed by atoms with Crippen LogP contribution in [0.25, 0.3) is 0 Å². The Balaban J connectivity index is 2.07. The van der Waals surface area contributed by atoms with Gasteiger partial charge >= 0.3 is 6.18 Å². The van der Waals surface area contributed by atoms with Crippen LogP contribution in [0, 0.1) is 0 Å². The number of hydrogen-bond donors (Lipinski definition) is 1. The minimum absolute atomic E-state index is 0.0431. The molecule has 1 aliphatic heterocycles. The third-order valence-electron chi connectivity index (χ3n) is 3.87. The third kappa shape index (κ3) is 4.20. The Kier molecular flexibility index (Phi) is 4.88. The van der Waals surface area contributed by atoms with Crippen LogP contribution in [0.4, 0.5) is 13.2 Å². The van der Waals surface area contributed by atoms with Crippen molar-refractivity contribution < 1.29 is 18.0 Å². The molecule has 6 heteroatoms. The quantitative estimate of drug-likeness (QED) is 0.933. The second-order valence-corrected chi connectivity index (χ2v) is 5.43. The van der Waals surface area contributed by atoms with E-state index in [1.54, 1.807) is 18.2 Å². The van der Waals surface area contributed by atoms with E-state index in [0.29, 0.717) is 25.9 Å². The Hall–Kier alpha value is -1.56. The smallest absolute Gasteiger partial charge is 0.343 e. The van der Waals surface area contributed by atoms with Gasteiger partial charge in [0, 0.05) is 25.6 Å². The van der Waals surface area contributed by atoms with Gasteiger partial charge in [-0.3, -0.25) is 4.79 Å². The normalized spacial score (nSPS) is 18.6. The molecule has 1 aliphatic rings. The monoisotopic (exact) mass is 300 g/mol. The summed E-state index contributed by atoms with van der Waals surface area (Å²) in [5.41, 5.74) is 5.87. The SMILES string of the molecule is NC1CCN(C(=O)C[C@@H](c2ccccc2)C(F)(F)F)CC1. The maximum absolute atomic E-state index is 13.2. The molecule has 2 N–H and O–H groups in total. The summed E-state index contributed by atoms with van der Waals surface area (Å²) in [6.45, 7) is 0.888.